The fourth-order valence-electron chi connectivity index (χ4n) is 1.69. The second-order valence-electron chi connectivity index (χ2n) is 3.57. The van der Waals surface area contributed by atoms with Crippen LogP contribution in [0.3, 0.4) is 0 Å². The quantitative estimate of drug-likeness (QED) is 0.663. The van der Waals surface area contributed by atoms with Gasteiger partial charge in [-0.1, -0.05) is 6.07 Å². The van der Waals surface area contributed by atoms with Crippen molar-refractivity contribution in [1.82, 2.24) is 9.97 Å². The normalized spacial score (nSPS) is 11.1. The molecule has 0 spiro atoms. The van der Waals surface area contributed by atoms with Gasteiger partial charge in [-0.2, -0.15) is 12.6 Å². The number of aromatic amines is 1. The SMILES string of the molecule is SCc1ccc2nc(-c3ccco3)[nH]c2c1. The van der Waals surface area contributed by atoms with Crippen LogP contribution in [0.5, 0.6) is 0 Å². The summed E-state index contributed by atoms with van der Waals surface area (Å²) in [6.45, 7) is 0. The van der Waals surface area contributed by atoms with Crippen LogP contribution < -0.4 is 0 Å². The molecule has 0 atom stereocenters. The molecule has 2 aromatic heterocycles. The monoisotopic (exact) mass is 230 g/mol. The lowest BCUT2D eigenvalue weighted by atomic mass is 10.2. The Labute approximate surface area is 97.9 Å². The lowest BCUT2D eigenvalue weighted by Crippen LogP contribution is -1.76. The third-order valence-electron chi connectivity index (χ3n) is 2.48. The number of rotatable bonds is 2. The summed E-state index contributed by atoms with van der Waals surface area (Å²) in [5.74, 6) is 2.24. The van der Waals surface area contributed by atoms with E-state index in [0.717, 1.165) is 28.4 Å². The van der Waals surface area contributed by atoms with Crippen molar-refractivity contribution >= 4 is 23.7 Å². The highest BCUT2D eigenvalue weighted by molar-refractivity contribution is 7.79. The van der Waals surface area contributed by atoms with E-state index in [1.807, 2.05) is 24.3 Å². The van der Waals surface area contributed by atoms with Gasteiger partial charge in [-0.05, 0) is 29.8 Å². The van der Waals surface area contributed by atoms with Crippen LogP contribution in [0.4, 0.5) is 0 Å². The molecule has 16 heavy (non-hydrogen) atoms. The Balaban J connectivity index is 2.16. The molecule has 0 bridgehead atoms. The summed E-state index contributed by atoms with van der Waals surface area (Å²) < 4.78 is 5.30. The minimum atomic E-state index is 0.727. The van der Waals surface area contributed by atoms with Gasteiger partial charge in [0.05, 0.1) is 17.3 Å². The van der Waals surface area contributed by atoms with Gasteiger partial charge in [-0.25, -0.2) is 4.98 Å². The number of furan rings is 1. The molecule has 3 nitrogen and oxygen atoms in total. The number of H-pyrrole nitrogens is 1. The third kappa shape index (κ3) is 1.51. The van der Waals surface area contributed by atoms with Crippen LogP contribution in [0.1, 0.15) is 5.56 Å². The lowest BCUT2D eigenvalue weighted by Gasteiger charge is -1.93. The molecule has 0 aliphatic heterocycles. The number of benzene rings is 1. The number of imidazole rings is 1. The first kappa shape index (κ1) is 9.54. The number of thiol groups is 1. The molecule has 2 heterocycles. The second-order valence-corrected chi connectivity index (χ2v) is 3.89. The standard InChI is InChI=1S/C12H10N2OS/c16-7-8-3-4-9-10(6-8)14-12(13-9)11-2-1-5-15-11/h1-6,16H,7H2,(H,13,14). The average Bonchev–Trinajstić information content (AvgIpc) is 2.96. The summed E-state index contributed by atoms with van der Waals surface area (Å²) in [6.07, 6.45) is 1.64. The zero-order chi connectivity index (χ0) is 11.0. The van der Waals surface area contributed by atoms with Crippen LogP contribution in [0.25, 0.3) is 22.6 Å². The molecule has 3 rings (SSSR count). The molecule has 0 aliphatic rings. The van der Waals surface area contributed by atoms with Gasteiger partial charge >= 0.3 is 0 Å². The summed E-state index contributed by atoms with van der Waals surface area (Å²) in [5, 5.41) is 0. The van der Waals surface area contributed by atoms with Crippen LogP contribution in [0.15, 0.2) is 41.0 Å². The number of nitrogens with one attached hydrogen (secondary N) is 1. The predicted molar refractivity (Wildman–Crippen MR) is 66.5 cm³/mol. The maximum absolute atomic E-state index is 5.30. The van der Waals surface area contributed by atoms with E-state index >= 15 is 0 Å². The van der Waals surface area contributed by atoms with E-state index in [4.69, 9.17) is 4.42 Å². The Morgan fingerprint density at radius 3 is 3.00 bits per heavy atom. The topological polar surface area (TPSA) is 41.8 Å². The van der Waals surface area contributed by atoms with Crippen molar-refractivity contribution in [2.24, 2.45) is 0 Å². The van der Waals surface area contributed by atoms with E-state index in [1.165, 1.54) is 5.56 Å². The molecule has 0 radical (unpaired) electrons. The molecule has 4 heteroatoms. The highest BCUT2D eigenvalue weighted by Gasteiger charge is 2.07. The van der Waals surface area contributed by atoms with Gasteiger partial charge in [0.1, 0.15) is 0 Å². The molecule has 0 aliphatic carbocycles. The Morgan fingerprint density at radius 1 is 1.31 bits per heavy atom. The van der Waals surface area contributed by atoms with Gasteiger partial charge in [0.15, 0.2) is 11.6 Å². The molecular formula is C12H10N2OS. The first-order valence-electron chi connectivity index (χ1n) is 5.00. The zero-order valence-electron chi connectivity index (χ0n) is 8.47. The number of hydrogen-bond acceptors (Lipinski definition) is 3. The van der Waals surface area contributed by atoms with Crippen molar-refractivity contribution in [1.29, 1.82) is 0 Å². The second kappa shape index (κ2) is 3.72. The van der Waals surface area contributed by atoms with E-state index in [2.05, 4.69) is 28.7 Å². The fraction of sp³-hybridized carbons (Fsp3) is 0.0833. The predicted octanol–water partition coefficient (Wildman–Crippen LogP) is 3.25. The van der Waals surface area contributed by atoms with Gasteiger partial charge in [0, 0.05) is 5.75 Å². The van der Waals surface area contributed by atoms with Crippen molar-refractivity contribution in [3.8, 4) is 11.6 Å². The molecule has 80 valence electrons. The van der Waals surface area contributed by atoms with E-state index in [0.29, 0.717) is 0 Å². The van der Waals surface area contributed by atoms with Crippen LogP contribution in [0.2, 0.25) is 0 Å². The zero-order valence-corrected chi connectivity index (χ0v) is 9.37. The Kier molecular flexibility index (Phi) is 2.22. The molecule has 1 N–H and O–H groups in total. The maximum atomic E-state index is 5.30. The summed E-state index contributed by atoms with van der Waals surface area (Å²) in [7, 11) is 0. The first-order chi connectivity index (χ1) is 7.86. The molecule has 0 saturated carbocycles. The van der Waals surface area contributed by atoms with Gasteiger partial charge in [-0.15, -0.1) is 0 Å². The van der Waals surface area contributed by atoms with E-state index < -0.39 is 0 Å². The van der Waals surface area contributed by atoms with Gasteiger partial charge < -0.3 is 9.40 Å². The van der Waals surface area contributed by atoms with E-state index in [1.54, 1.807) is 6.26 Å². The van der Waals surface area contributed by atoms with Crippen LogP contribution in [0, 0.1) is 0 Å². The number of fused-ring (bicyclic) bond motifs is 1. The molecule has 1 aromatic carbocycles. The summed E-state index contributed by atoms with van der Waals surface area (Å²) >= 11 is 4.25. The Bertz CT molecular complexity index is 613. The van der Waals surface area contributed by atoms with Crippen LogP contribution in [-0.2, 0) is 5.75 Å². The molecule has 0 unspecified atom stereocenters. The maximum Gasteiger partial charge on any atom is 0.174 e. The van der Waals surface area contributed by atoms with Crippen molar-refractivity contribution < 1.29 is 4.42 Å². The molecule has 0 saturated heterocycles. The van der Waals surface area contributed by atoms with Gasteiger partial charge in [0.2, 0.25) is 0 Å². The van der Waals surface area contributed by atoms with Crippen molar-refractivity contribution in [3.63, 3.8) is 0 Å². The van der Waals surface area contributed by atoms with E-state index in [9.17, 15) is 0 Å². The molecule has 3 aromatic rings. The third-order valence-corrected chi connectivity index (χ3v) is 2.85. The van der Waals surface area contributed by atoms with Crippen LogP contribution >= 0.6 is 12.6 Å². The van der Waals surface area contributed by atoms with Crippen molar-refractivity contribution in [2.75, 3.05) is 0 Å². The number of hydrogen-bond donors (Lipinski definition) is 2. The van der Waals surface area contributed by atoms with Gasteiger partial charge in [-0.3, -0.25) is 0 Å². The van der Waals surface area contributed by atoms with Crippen molar-refractivity contribution in [2.45, 2.75) is 5.75 Å². The van der Waals surface area contributed by atoms with E-state index in [-0.39, 0.29) is 0 Å². The minimum absolute atomic E-state index is 0.727. The molecule has 0 amide bonds. The lowest BCUT2D eigenvalue weighted by molar-refractivity contribution is 0.578. The van der Waals surface area contributed by atoms with Crippen LogP contribution in [-0.4, -0.2) is 9.97 Å². The average molecular weight is 230 g/mol. The number of nitrogens with zero attached hydrogens (tertiary/aromatic N) is 1. The summed E-state index contributed by atoms with van der Waals surface area (Å²) in [5.41, 5.74) is 3.13. The summed E-state index contributed by atoms with van der Waals surface area (Å²) in [6, 6.07) is 9.81. The van der Waals surface area contributed by atoms with Gasteiger partial charge in [0.25, 0.3) is 0 Å². The smallest absolute Gasteiger partial charge is 0.174 e. The highest BCUT2D eigenvalue weighted by atomic mass is 32.1. The summed E-state index contributed by atoms with van der Waals surface area (Å²) in [4.78, 5) is 7.69. The minimum Gasteiger partial charge on any atom is -0.461 e. The highest BCUT2D eigenvalue weighted by Crippen LogP contribution is 2.21. The number of aromatic nitrogens is 2. The first-order valence-corrected chi connectivity index (χ1v) is 5.63. The molecule has 0 fully saturated rings. The largest absolute Gasteiger partial charge is 0.461 e. The fourth-order valence-corrected chi connectivity index (χ4v) is 1.88. The molecular weight excluding hydrogens is 220 g/mol. The Morgan fingerprint density at radius 2 is 2.25 bits per heavy atom. The van der Waals surface area contributed by atoms with Crippen molar-refractivity contribution in [3.05, 3.63) is 42.2 Å². The Hall–Kier alpha value is -1.68.